The molecule has 1 amide bonds. The van der Waals surface area contributed by atoms with Crippen molar-refractivity contribution in [2.75, 3.05) is 7.05 Å². The van der Waals surface area contributed by atoms with Crippen LogP contribution in [0.4, 0.5) is 0 Å². The zero-order valence-corrected chi connectivity index (χ0v) is 12.4. The predicted octanol–water partition coefficient (Wildman–Crippen LogP) is 3.46. The molecule has 0 radical (unpaired) electrons. The van der Waals surface area contributed by atoms with E-state index < -0.39 is 0 Å². The Balaban J connectivity index is 2.90. The summed E-state index contributed by atoms with van der Waals surface area (Å²) in [5.41, 5.74) is 0.587. The minimum Gasteiger partial charge on any atom is -0.326 e. The van der Waals surface area contributed by atoms with Gasteiger partial charge in [0.1, 0.15) is 6.04 Å². The number of rotatable bonds is 4. The number of hydrogen-bond acceptors (Lipinski definition) is 2. The molecule has 1 aromatic rings. The molecule has 0 bridgehead atoms. The van der Waals surface area contributed by atoms with Gasteiger partial charge in [-0.15, -0.1) is 0 Å². The van der Waals surface area contributed by atoms with Crippen LogP contribution in [0.1, 0.15) is 30.6 Å². The topological polar surface area (TPSA) is 44.1 Å². The summed E-state index contributed by atoms with van der Waals surface area (Å²) in [7, 11) is 1.68. The molecule has 18 heavy (non-hydrogen) atoms. The van der Waals surface area contributed by atoms with Crippen LogP contribution in [0.15, 0.2) is 28.7 Å². The van der Waals surface area contributed by atoms with Crippen molar-refractivity contribution < 1.29 is 4.79 Å². The SMILES string of the molecule is CC(C)CC(C#N)N(C)C(=O)c1ccccc1Br. The van der Waals surface area contributed by atoms with Crippen LogP contribution in [0.2, 0.25) is 0 Å². The lowest BCUT2D eigenvalue weighted by Crippen LogP contribution is -2.37. The quantitative estimate of drug-likeness (QED) is 0.855. The zero-order valence-electron chi connectivity index (χ0n) is 10.9. The third-order valence-electron chi connectivity index (χ3n) is 2.74. The monoisotopic (exact) mass is 308 g/mol. The van der Waals surface area contributed by atoms with E-state index in [1.165, 1.54) is 4.90 Å². The number of nitrogens with zero attached hydrogens (tertiary/aromatic N) is 2. The number of halogens is 1. The Hall–Kier alpha value is -1.34. The predicted molar refractivity (Wildman–Crippen MR) is 75.1 cm³/mol. The van der Waals surface area contributed by atoms with Crippen molar-refractivity contribution in [2.24, 2.45) is 5.92 Å². The van der Waals surface area contributed by atoms with E-state index in [4.69, 9.17) is 5.26 Å². The average molecular weight is 309 g/mol. The van der Waals surface area contributed by atoms with Gasteiger partial charge in [0.25, 0.3) is 5.91 Å². The summed E-state index contributed by atoms with van der Waals surface area (Å²) in [6.45, 7) is 4.09. The van der Waals surface area contributed by atoms with Crippen molar-refractivity contribution >= 4 is 21.8 Å². The zero-order chi connectivity index (χ0) is 13.7. The third-order valence-corrected chi connectivity index (χ3v) is 3.43. The smallest absolute Gasteiger partial charge is 0.255 e. The van der Waals surface area contributed by atoms with Crippen LogP contribution in [0.5, 0.6) is 0 Å². The molecule has 4 heteroatoms. The maximum Gasteiger partial charge on any atom is 0.255 e. The normalized spacial score (nSPS) is 12.0. The largest absolute Gasteiger partial charge is 0.326 e. The van der Waals surface area contributed by atoms with Crippen LogP contribution in [0.3, 0.4) is 0 Å². The standard InChI is InChI=1S/C14H17BrN2O/c1-10(2)8-11(9-16)17(3)14(18)12-6-4-5-7-13(12)15/h4-7,10-11H,8H2,1-3H3. The van der Waals surface area contributed by atoms with Gasteiger partial charge in [0, 0.05) is 11.5 Å². The second-order valence-electron chi connectivity index (χ2n) is 4.67. The summed E-state index contributed by atoms with van der Waals surface area (Å²) in [5, 5.41) is 9.15. The van der Waals surface area contributed by atoms with E-state index in [0.29, 0.717) is 17.9 Å². The molecular formula is C14H17BrN2O. The molecule has 0 saturated carbocycles. The van der Waals surface area contributed by atoms with Crippen LogP contribution in [-0.4, -0.2) is 23.9 Å². The second-order valence-corrected chi connectivity index (χ2v) is 5.52. The van der Waals surface area contributed by atoms with Gasteiger partial charge in [-0.25, -0.2) is 0 Å². The molecule has 1 unspecified atom stereocenters. The first-order chi connectivity index (χ1) is 8.47. The first-order valence-corrected chi connectivity index (χ1v) is 6.68. The Morgan fingerprint density at radius 3 is 2.56 bits per heavy atom. The van der Waals surface area contributed by atoms with E-state index in [2.05, 4.69) is 22.0 Å². The van der Waals surface area contributed by atoms with Gasteiger partial charge in [-0.1, -0.05) is 26.0 Å². The maximum atomic E-state index is 12.3. The molecule has 0 aliphatic carbocycles. The highest BCUT2D eigenvalue weighted by Gasteiger charge is 2.22. The van der Waals surface area contributed by atoms with E-state index >= 15 is 0 Å². The summed E-state index contributed by atoms with van der Waals surface area (Å²) in [6, 6.07) is 9.06. The van der Waals surface area contributed by atoms with Gasteiger partial charge in [-0.3, -0.25) is 4.79 Å². The van der Waals surface area contributed by atoms with Crippen LogP contribution in [-0.2, 0) is 0 Å². The second kappa shape index (κ2) is 6.55. The van der Waals surface area contributed by atoms with E-state index in [1.54, 1.807) is 13.1 Å². The van der Waals surface area contributed by atoms with Crippen molar-refractivity contribution in [2.45, 2.75) is 26.3 Å². The van der Waals surface area contributed by atoms with Gasteiger partial charge < -0.3 is 4.90 Å². The summed E-state index contributed by atoms with van der Waals surface area (Å²) in [4.78, 5) is 13.8. The summed E-state index contributed by atoms with van der Waals surface area (Å²) >= 11 is 3.36. The van der Waals surface area contributed by atoms with Gasteiger partial charge >= 0.3 is 0 Å². The Morgan fingerprint density at radius 2 is 2.06 bits per heavy atom. The molecule has 0 N–H and O–H groups in total. The molecule has 0 spiro atoms. The molecule has 96 valence electrons. The van der Waals surface area contributed by atoms with Crippen molar-refractivity contribution in [3.63, 3.8) is 0 Å². The summed E-state index contributed by atoms with van der Waals surface area (Å²) in [6.07, 6.45) is 0.684. The van der Waals surface area contributed by atoms with Crippen molar-refractivity contribution in [1.29, 1.82) is 5.26 Å². The summed E-state index contributed by atoms with van der Waals surface area (Å²) in [5.74, 6) is 0.249. The Morgan fingerprint density at radius 1 is 1.44 bits per heavy atom. The Bertz CT molecular complexity index is 465. The van der Waals surface area contributed by atoms with Crippen LogP contribution in [0.25, 0.3) is 0 Å². The number of carbonyl (C=O) groups is 1. The highest BCUT2D eigenvalue weighted by atomic mass is 79.9. The number of amides is 1. The molecular weight excluding hydrogens is 292 g/mol. The van der Waals surface area contributed by atoms with Gasteiger partial charge in [0.05, 0.1) is 11.6 Å². The molecule has 1 aromatic carbocycles. The lowest BCUT2D eigenvalue weighted by molar-refractivity contribution is 0.0751. The fourth-order valence-electron chi connectivity index (χ4n) is 1.71. The minimum atomic E-state index is -0.385. The lowest BCUT2D eigenvalue weighted by atomic mass is 10.0. The van der Waals surface area contributed by atoms with Gasteiger partial charge in [0.15, 0.2) is 0 Å². The average Bonchev–Trinajstić information content (AvgIpc) is 2.34. The minimum absolute atomic E-state index is 0.130. The highest BCUT2D eigenvalue weighted by Crippen LogP contribution is 2.19. The van der Waals surface area contributed by atoms with E-state index in [9.17, 15) is 4.79 Å². The molecule has 0 aliphatic rings. The molecule has 0 aromatic heterocycles. The van der Waals surface area contributed by atoms with Gasteiger partial charge in [-0.05, 0) is 40.4 Å². The third kappa shape index (κ3) is 3.58. The van der Waals surface area contributed by atoms with Crippen molar-refractivity contribution in [3.05, 3.63) is 34.3 Å². The molecule has 0 aliphatic heterocycles. The number of benzene rings is 1. The van der Waals surface area contributed by atoms with Crippen molar-refractivity contribution in [3.8, 4) is 6.07 Å². The summed E-state index contributed by atoms with van der Waals surface area (Å²) < 4.78 is 0.753. The van der Waals surface area contributed by atoms with Crippen LogP contribution >= 0.6 is 15.9 Å². The number of carbonyl (C=O) groups excluding carboxylic acids is 1. The molecule has 0 fully saturated rings. The number of hydrogen-bond donors (Lipinski definition) is 0. The maximum absolute atomic E-state index is 12.3. The Labute approximate surface area is 117 Å². The molecule has 0 heterocycles. The van der Waals surface area contributed by atoms with Gasteiger partial charge in [0.2, 0.25) is 0 Å². The molecule has 1 rings (SSSR count). The van der Waals surface area contributed by atoms with E-state index in [0.717, 1.165) is 4.47 Å². The van der Waals surface area contributed by atoms with Crippen LogP contribution in [0, 0.1) is 17.2 Å². The Kier molecular flexibility index (Phi) is 5.36. The fourth-order valence-corrected chi connectivity index (χ4v) is 2.16. The first kappa shape index (κ1) is 14.7. The van der Waals surface area contributed by atoms with E-state index in [-0.39, 0.29) is 11.9 Å². The lowest BCUT2D eigenvalue weighted by Gasteiger charge is -2.24. The highest BCUT2D eigenvalue weighted by molar-refractivity contribution is 9.10. The molecule has 1 atom stereocenters. The van der Waals surface area contributed by atoms with E-state index in [1.807, 2.05) is 32.0 Å². The van der Waals surface area contributed by atoms with Crippen molar-refractivity contribution in [1.82, 2.24) is 4.90 Å². The first-order valence-electron chi connectivity index (χ1n) is 5.88. The molecule has 0 saturated heterocycles. The fraction of sp³-hybridized carbons (Fsp3) is 0.429. The number of nitriles is 1. The van der Waals surface area contributed by atoms with Crippen LogP contribution < -0.4 is 0 Å². The van der Waals surface area contributed by atoms with Gasteiger partial charge in [-0.2, -0.15) is 5.26 Å². The molecule has 3 nitrogen and oxygen atoms in total.